The van der Waals surface area contributed by atoms with Gasteiger partial charge in [-0.1, -0.05) is 11.6 Å². The van der Waals surface area contributed by atoms with Crippen LogP contribution < -0.4 is 4.90 Å². The molecule has 0 unspecified atom stereocenters. The molecular formula is C16H16BrClN4. The Hall–Kier alpha value is -1.51. The molecule has 0 N–H and O–H groups in total. The van der Waals surface area contributed by atoms with Gasteiger partial charge in [0.15, 0.2) is 0 Å². The molecule has 114 valence electrons. The lowest BCUT2D eigenvalue weighted by Gasteiger charge is -2.34. The number of nitrogens with zero attached hydrogens (tertiary/aromatic N) is 4. The molecule has 0 radical (unpaired) electrons. The molecule has 3 heterocycles. The van der Waals surface area contributed by atoms with Gasteiger partial charge in [-0.2, -0.15) is 5.26 Å². The first-order valence-corrected chi connectivity index (χ1v) is 8.41. The molecule has 0 aliphatic carbocycles. The van der Waals surface area contributed by atoms with E-state index >= 15 is 0 Å². The van der Waals surface area contributed by atoms with Crippen LogP contribution in [0.2, 0.25) is 5.15 Å². The zero-order valence-corrected chi connectivity index (χ0v) is 14.6. The maximum absolute atomic E-state index is 9.05. The van der Waals surface area contributed by atoms with Crippen molar-refractivity contribution in [3.63, 3.8) is 0 Å². The number of hydrogen-bond donors (Lipinski definition) is 0. The van der Waals surface area contributed by atoms with E-state index in [1.807, 2.05) is 6.07 Å². The molecule has 0 spiro atoms. The summed E-state index contributed by atoms with van der Waals surface area (Å²) in [7, 11) is 0. The van der Waals surface area contributed by atoms with Gasteiger partial charge in [0.25, 0.3) is 0 Å². The van der Waals surface area contributed by atoms with E-state index in [4.69, 9.17) is 16.9 Å². The van der Waals surface area contributed by atoms with Crippen LogP contribution in [0.15, 0.2) is 28.9 Å². The van der Waals surface area contributed by atoms with Crippen molar-refractivity contribution in [2.75, 3.05) is 18.0 Å². The Labute approximate surface area is 143 Å². The zero-order chi connectivity index (χ0) is 15.7. The third kappa shape index (κ3) is 2.99. The minimum Gasteiger partial charge on any atom is -0.356 e. The predicted molar refractivity (Wildman–Crippen MR) is 91.3 cm³/mol. The number of rotatable bonds is 2. The van der Waals surface area contributed by atoms with E-state index in [1.165, 1.54) is 5.69 Å². The number of anilines is 1. The summed E-state index contributed by atoms with van der Waals surface area (Å²) in [6, 6.07) is 8.14. The van der Waals surface area contributed by atoms with Crippen molar-refractivity contribution in [1.29, 1.82) is 5.26 Å². The standard InChI is InChI=1S/C16H16BrClN4/c1-11-14(17)4-7-22(11)13-2-5-21(6-3-13)16-9-12(10-19)8-15(18)20-16/h4,7-9,13H,2-3,5-6H2,1H3. The third-order valence-corrected chi connectivity index (χ3v) is 5.24. The number of nitriles is 1. The smallest absolute Gasteiger partial charge is 0.132 e. The Morgan fingerprint density at radius 3 is 2.68 bits per heavy atom. The molecule has 1 aliphatic heterocycles. The number of piperidine rings is 1. The fourth-order valence-electron chi connectivity index (χ4n) is 2.98. The van der Waals surface area contributed by atoms with Gasteiger partial charge in [-0.15, -0.1) is 0 Å². The summed E-state index contributed by atoms with van der Waals surface area (Å²) in [5.41, 5.74) is 1.83. The maximum atomic E-state index is 9.05. The minimum atomic E-state index is 0.376. The first-order valence-electron chi connectivity index (χ1n) is 7.24. The van der Waals surface area contributed by atoms with Crippen LogP contribution in [0, 0.1) is 18.3 Å². The average Bonchev–Trinajstić information content (AvgIpc) is 2.86. The van der Waals surface area contributed by atoms with Crippen molar-refractivity contribution >= 4 is 33.3 Å². The lowest BCUT2D eigenvalue weighted by Crippen LogP contribution is -2.35. The highest BCUT2D eigenvalue weighted by atomic mass is 79.9. The monoisotopic (exact) mass is 378 g/mol. The minimum absolute atomic E-state index is 0.376. The van der Waals surface area contributed by atoms with E-state index in [1.54, 1.807) is 6.07 Å². The van der Waals surface area contributed by atoms with Gasteiger partial charge >= 0.3 is 0 Å². The molecule has 0 saturated carbocycles. The van der Waals surface area contributed by atoms with Crippen LogP contribution in [0.5, 0.6) is 0 Å². The molecule has 1 fully saturated rings. The van der Waals surface area contributed by atoms with Gasteiger partial charge in [0.1, 0.15) is 11.0 Å². The maximum Gasteiger partial charge on any atom is 0.132 e. The summed E-state index contributed by atoms with van der Waals surface area (Å²) in [4.78, 5) is 6.56. The highest BCUT2D eigenvalue weighted by molar-refractivity contribution is 9.10. The third-order valence-electron chi connectivity index (χ3n) is 4.21. The van der Waals surface area contributed by atoms with E-state index in [0.717, 1.165) is 36.2 Å². The van der Waals surface area contributed by atoms with Crippen molar-refractivity contribution in [2.24, 2.45) is 0 Å². The van der Waals surface area contributed by atoms with Crippen LogP contribution in [-0.2, 0) is 0 Å². The molecule has 0 bridgehead atoms. The van der Waals surface area contributed by atoms with Crippen molar-refractivity contribution in [3.8, 4) is 6.07 Å². The van der Waals surface area contributed by atoms with Crippen LogP contribution >= 0.6 is 27.5 Å². The van der Waals surface area contributed by atoms with E-state index in [-0.39, 0.29) is 0 Å². The summed E-state index contributed by atoms with van der Waals surface area (Å²) >= 11 is 9.57. The van der Waals surface area contributed by atoms with Gasteiger partial charge in [0.05, 0.1) is 11.6 Å². The first-order chi connectivity index (χ1) is 10.6. The molecule has 0 atom stereocenters. The van der Waals surface area contributed by atoms with Gasteiger partial charge < -0.3 is 9.47 Å². The van der Waals surface area contributed by atoms with Gasteiger partial charge in [0, 0.05) is 35.5 Å². The molecule has 1 saturated heterocycles. The average molecular weight is 380 g/mol. The number of hydrogen-bond acceptors (Lipinski definition) is 3. The van der Waals surface area contributed by atoms with Crippen LogP contribution in [0.3, 0.4) is 0 Å². The number of aromatic nitrogens is 2. The highest BCUT2D eigenvalue weighted by Crippen LogP contribution is 2.30. The van der Waals surface area contributed by atoms with Crippen molar-refractivity contribution in [3.05, 3.63) is 45.3 Å². The Bertz CT molecular complexity index is 726. The highest BCUT2D eigenvalue weighted by Gasteiger charge is 2.23. The molecule has 0 aromatic carbocycles. The molecule has 2 aromatic heterocycles. The molecule has 4 nitrogen and oxygen atoms in total. The van der Waals surface area contributed by atoms with Crippen LogP contribution in [0.25, 0.3) is 0 Å². The topological polar surface area (TPSA) is 44.9 Å². The van der Waals surface area contributed by atoms with Gasteiger partial charge in [-0.25, -0.2) is 4.98 Å². The Morgan fingerprint density at radius 2 is 2.09 bits per heavy atom. The van der Waals surface area contributed by atoms with Crippen LogP contribution in [0.4, 0.5) is 5.82 Å². The molecule has 0 amide bonds. The van der Waals surface area contributed by atoms with Crippen molar-refractivity contribution in [1.82, 2.24) is 9.55 Å². The summed E-state index contributed by atoms with van der Waals surface area (Å²) in [5.74, 6) is 0.799. The van der Waals surface area contributed by atoms with Gasteiger partial charge in [-0.3, -0.25) is 0 Å². The van der Waals surface area contributed by atoms with Crippen molar-refractivity contribution in [2.45, 2.75) is 25.8 Å². The summed E-state index contributed by atoms with van der Waals surface area (Å²) in [6.45, 7) is 3.96. The summed E-state index contributed by atoms with van der Waals surface area (Å²) in [6.07, 6.45) is 4.25. The molecule has 3 rings (SSSR count). The Kier molecular flexibility index (Phi) is 4.42. The van der Waals surface area contributed by atoms with Gasteiger partial charge in [-0.05, 0) is 53.9 Å². The molecule has 22 heavy (non-hydrogen) atoms. The number of halogens is 2. The fourth-order valence-corrected chi connectivity index (χ4v) is 3.51. The first kappa shape index (κ1) is 15.4. The quantitative estimate of drug-likeness (QED) is 0.730. The second kappa shape index (κ2) is 6.31. The molecule has 2 aromatic rings. The Balaban J connectivity index is 1.73. The van der Waals surface area contributed by atoms with Gasteiger partial charge in [0.2, 0.25) is 0 Å². The molecular weight excluding hydrogens is 364 g/mol. The zero-order valence-electron chi connectivity index (χ0n) is 12.3. The second-order valence-electron chi connectivity index (χ2n) is 5.52. The van der Waals surface area contributed by atoms with Crippen LogP contribution in [-0.4, -0.2) is 22.6 Å². The van der Waals surface area contributed by atoms with E-state index in [2.05, 4.69) is 55.6 Å². The Morgan fingerprint density at radius 1 is 1.36 bits per heavy atom. The lowest BCUT2D eigenvalue weighted by atomic mass is 10.0. The van der Waals surface area contributed by atoms with E-state index in [9.17, 15) is 0 Å². The number of pyridine rings is 1. The van der Waals surface area contributed by atoms with Crippen LogP contribution in [0.1, 0.15) is 30.1 Å². The fraction of sp³-hybridized carbons (Fsp3) is 0.375. The summed E-state index contributed by atoms with van der Waals surface area (Å²) < 4.78 is 3.50. The second-order valence-corrected chi connectivity index (χ2v) is 6.76. The largest absolute Gasteiger partial charge is 0.356 e. The van der Waals surface area contributed by atoms with E-state index in [0.29, 0.717) is 16.8 Å². The van der Waals surface area contributed by atoms with Crippen molar-refractivity contribution < 1.29 is 0 Å². The van der Waals surface area contributed by atoms with E-state index < -0.39 is 0 Å². The molecule has 1 aliphatic rings. The lowest BCUT2D eigenvalue weighted by molar-refractivity contribution is 0.390. The predicted octanol–water partition coefficient (Wildman–Crippen LogP) is 4.32. The SMILES string of the molecule is Cc1c(Br)ccn1C1CCN(c2cc(C#N)cc(Cl)n2)CC1. The normalized spacial score (nSPS) is 15.8. The molecule has 6 heteroatoms. The summed E-state index contributed by atoms with van der Waals surface area (Å²) in [5, 5.41) is 9.42.